The second kappa shape index (κ2) is 6.46. The summed E-state index contributed by atoms with van der Waals surface area (Å²) < 4.78 is 23.9. The van der Waals surface area contributed by atoms with E-state index in [9.17, 15) is 18.5 Å². The van der Waals surface area contributed by atoms with E-state index in [4.69, 9.17) is 5.14 Å². The van der Waals surface area contributed by atoms with Gasteiger partial charge in [-0.15, -0.1) is 0 Å². The van der Waals surface area contributed by atoms with E-state index in [-0.39, 0.29) is 28.8 Å². The number of rotatable bonds is 5. The first-order valence-electron chi connectivity index (χ1n) is 7.25. The number of nitro groups is 1. The molecule has 0 aliphatic rings. The fourth-order valence-corrected chi connectivity index (χ4v) is 3.19. The molecule has 0 saturated heterocycles. The highest BCUT2D eigenvalue weighted by Gasteiger charge is 2.28. The minimum absolute atomic E-state index is 0.184. The van der Waals surface area contributed by atoms with Crippen molar-refractivity contribution in [1.82, 2.24) is 4.98 Å². The SMILES string of the molecule is NS(=O)(=O)c1nc2ccccc2c([N+](=O)[O-])c1NCc1ccccc1. The zero-order valence-corrected chi connectivity index (χ0v) is 13.7. The molecule has 0 amide bonds. The first kappa shape index (κ1) is 16.8. The number of nitrogens with zero attached hydrogens (tertiary/aromatic N) is 2. The van der Waals surface area contributed by atoms with Crippen molar-refractivity contribution < 1.29 is 13.3 Å². The molecule has 1 aromatic heterocycles. The Labute approximate surface area is 143 Å². The maximum absolute atomic E-state index is 11.9. The van der Waals surface area contributed by atoms with Gasteiger partial charge in [0.25, 0.3) is 10.0 Å². The molecule has 0 aliphatic heterocycles. The summed E-state index contributed by atoms with van der Waals surface area (Å²) in [6.45, 7) is 0.185. The molecule has 128 valence electrons. The molecule has 0 bridgehead atoms. The van der Waals surface area contributed by atoms with E-state index in [1.807, 2.05) is 30.3 Å². The zero-order chi connectivity index (χ0) is 18.0. The fourth-order valence-electron chi connectivity index (χ4n) is 2.51. The zero-order valence-electron chi connectivity index (χ0n) is 12.9. The second-order valence-electron chi connectivity index (χ2n) is 5.30. The van der Waals surface area contributed by atoms with Crippen molar-refractivity contribution in [3.8, 4) is 0 Å². The first-order valence-corrected chi connectivity index (χ1v) is 8.80. The lowest BCUT2D eigenvalue weighted by Crippen LogP contribution is -2.18. The Morgan fingerprint density at radius 2 is 1.72 bits per heavy atom. The number of nitrogens with two attached hydrogens (primary N) is 1. The highest BCUT2D eigenvalue weighted by Crippen LogP contribution is 2.36. The van der Waals surface area contributed by atoms with Crippen LogP contribution in [-0.4, -0.2) is 18.3 Å². The smallest absolute Gasteiger partial charge is 0.304 e. The second-order valence-corrected chi connectivity index (χ2v) is 6.78. The molecule has 0 fully saturated rings. The number of primary sulfonamides is 1. The monoisotopic (exact) mass is 358 g/mol. The van der Waals surface area contributed by atoms with Crippen LogP contribution in [0.4, 0.5) is 11.4 Å². The highest BCUT2D eigenvalue weighted by molar-refractivity contribution is 7.89. The number of pyridine rings is 1. The highest BCUT2D eigenvalue weighted by atomic mass is 32.2. The maximum atomic E-state index is 11.9. The summed E-state index contributed by atoms with van der Waals surface area (Å²) >= 11 is 0. The Morgan fingerprint density at radius 1 is 1.08 bits per heavy atom. The van der Waals surface area contributed by atoms with E-state index in [1.165, 1.54) is 12.1 Å². The summed E-state index contributed by atoms with van der Waals surface area (Å²) in [4.78, 5) is 15.0. The normalized spacial score (nSPS) is 11.4. The number of aromatic nitrogens is 1. The summed E-state index contributed by atoms with van der Waals surface area (Å²) in [6.07, 6.45) is 0. The van der Waals surface area contributed by atoms with Crippen LogP contribution in [0.5, 0.6) is 0 Å². The van der Waals surface area contributed by atoms with Gasteiger partial charge < -0.3 is 5.32 Å². The number of hydrogen-bond donors (Lipinski definition) is 2. The van der Waals surface area contributed by atoms with Gasteiger partial charge in [0.15, 0.2) is 5.69 Å². The number of anilines is 1. The summed E-state index contributed by atoms with van der Waals surface area (Å²) in [6, 6.07) is 15.3. The quantitative estimate of drug-likeness (QED) is 0.532. The number of benzene rings is 2. The van der Waals surface area contributed by atoms with Gasteiger partial charge in [0.2, 0.25) is 5.03 Å². The fraction of sp³-hybridized carbons (Fsp3) is 0.0625. The largest absolute Gasteiger partial charge is 0.373 e. The van der Waals surface area contributed by atoms with Crippen LogP contribution < -0.4 is 10.5 Å². The Kier molecular flexibility index (Phi) is 4.34. The van der Waals surface area contributed by atoms with Crippen molar-refractivity contribution in [2.45, 2.75) is 11.6 Å². The molecule has 8 nitrogen and oxygen atoms in total. The molecule has 0 aliphatic carbocycles. The molecule has 0 spiro atoms. The lowest BCUT2D eigenvalue weighted by atomic mass is 10.1. The summed E-state index contributed by atoms with van der Waals surface area (Å²) in [5.74, 6) is 0. The van der Waals surface area contributed by atoms with Crippen LogP contribution in [0.15, 0.2) is 59.6 Å². The van der Waals surface area contributed by atoms with Crippen LogP contribution in [0.2, 0.25) is 0 Å². The molecule has 0 radical (unpaired) electrons. The average Bonchev–Trinajstić information content (AvgIpc) is 2.58. The van der Waals surface area contributed by atoms with Crippen LogP contribution in [-0.2, 0) is 16.6 Å². The van der Waals surface area contributed by atoms with Crippen molar-refractivity contribution in [2.75, 3.05) is 5.32 Å². The summed E-state index contributed by atoms with van der Waals surface area (Å²) in [5, 5.41) is 19.4. The molecule has 2 aromatic carbocycles. The van der Waals surface area contributed by atoms with Crippen molar-refractivity contribution >= 4 is 32.3 Å². The standard InChI is InChI=1S/C16H14N4O4S/c17-25(23,24)16-14(18-10-11-6-2-1-3-7-11)15(20(21)22)12-8-4-5-9-13(12)19-16/h1-9,18H,10H2,(H2,17,23,24). The van der Waals surface area contributed by atoms with E-state index in [0.717, 1.165) is 5.56 Å². The minimum Gasteiger partial charge on any atom is -0.373 e. The lowest BCUT2D eigenvalue weighted by Gasteiger charge is -2.12. The molecule has 25 heavy (non-hydrogen) atoms. The minimum atomic E-state index is -4.26. The molecule has 3 aromatic rings. The Balaban J connectivity index is 2.22. The van der Waals surface area contributed by atoms with Crippen molar-refractivity contribution in [1.29, 1.82) is 0 Å². The molecular weight excluding hydrogens is 344 g/mol. The van der Waals surface area contributed by atoms with Gasteiger partial charge in [-0.25, -0.2) is 18.5 Å². The Morgan fingerprint density at radius 3 is 2.36 bits per heavy atom. The van der Waals surface area contributed by atoms with E-state index in [1.54, 1.807) is 12.1 Å². The van der Waals surface area contributed by atoms with Gasteiger partial charge in [0, 0.05) is 6.54 Å². The van der Waals surface area contributed by atoms with Crippen molar-refractivity contribution in [2.24, 2.45) is 5.14 Å². The predicted molar refractivity (Wildman–Crippen MR) is 93.5 cm³/mol. The van der Waals surface area contributed by atoms with Gasteiger partial charge in [-0.1, -0.05) is 42.5 Å². The molecule has 3 N–H and O–H groups in total. The average molecular weight is 358 g/mol. The van der Waals surface area contributed by atoms with E-state index >= 15 is 0 Å². The van der Waals surface area contributed by atoms with Crippen LogP contribution in [0.3, 0.4) is 0 Å². The topological polar surface area (TPSA) is 128 Å². The van der Waals surface area contributed by atoms with E-state index in [0.29, 0.717) is 0 Å². The van der Waals surface area contributed by atoms with Crippen LogP contribution in [0, 0.1) is 10.1 Å². The third-order valence-electron chi connectivity index (χ3n) is 3.60. The third-order valence-corrected chi connectivity index (χ3v) is 4.43. The van der Waals surface area contributed by atoms with Crippen molar-refractivity contribution in [3.63, 3.8) is 0 Å². The van der Waals surface area contributed by atoms with Crippen LogP contribution in [0.25, 0.3) is 10.9 Å². The molecule has 9 heteroatoms. The van der Waals surface area contributed by atoms with Gasteiger partial charge in [-0.2, -0.15) is 0 Å². The number of nitrogens with one attached hydrogen (secondary N) is 1. The lowest BCUT2D eigenvalue weighted by molar-refractivity contribution is -0.382. The van der Waals surface area contributed by atoms with Gasteiger partial charge in [0.1, 0.15) is 0 Å². The molecule has 0 saturated carbocycles. The van der Waals surface area contributed by atoms with E-state index in [2.05, 4.69) is 10.3 Å². The number of fused-ring (bicyclic) bond motifs is 1. The summed E-state index contributed by atoms with van der Waals surface area (Å²) in [7, 11) is -4.26. The predicted octanol–water partition coefficient (Wildman–Crippen LogP) is 2.40. The molecular formula is C16H14N4O4S. The maximum Gasteiger partial charge on any atom is 0.304 e. The van der Waals surface area contributed by atoms with Gasteiger partial charge >= 0.3 is 5.69 Å². The Hall–Kier alpha value is -3.04. The number of para-hydroxylation sites is 1. The first-order chi connectivity index (χ1) is 11.9. The van der Waals surface area contributed by atoms with Crippen molar-refractivity contribution in [3.05, 3.63) is 70.3 Å². The Bertz CT molecular complexity index is 1050. The van der Waals surface area contributed by atoms with Crippen LogP contribution >= 0.6 is 0 Å². The number of hydrogen-bond acceptors (Lipinski definition) is 6. The molecule has 0 atom stereocenters. The van der Waals surface area contributed by atoms with Gasteiger partial charge in [0.05, 0.1) is 15.8 Å². The van der Waals surface area contributed by atoms with Crippen LogP contribution in [0.1, 0.15) is 5.56 Å². The van der Waals surface area contributed by atoms with Gasteiger partial charge in [-0.05, 0) is 17.7 Å². The molecule has 0 unspecified atom stereocenters. The third kappa shape index (κ3) is 3.42. The summed E-state index contributed by atoms with van der Waals surface area (Å²) in [5.41, 5.74) is 0.425. The van der Waals surface area contributed by atoms with E-state index < -0.39 is 20.0 Å². The number of sulfonamides is 1. The van der Waals surface area contributed by atoms with Gasteiger partial charge in [-0.3, -0.25) is 10.1 Å². The molecule has 1 heterocycles. The molecule has 3 rings (SSSR count).